The molecule has 1 N–H and O–H groups in total. The zero-order chi connectivity index (χ0) is 15.4. The maximum absolute atomic E-state index is 12.1. The van der Waals surface area contributed by atoms with E-state index in [-0.39, 0.29) is 0 Å². The molecule has 2 rings (SSSR count). The Morgan fingerprint density at radius 2 is 1.62 bits per heavy atom. The number of rotatable bonds is 4. The molecule has 2 aromatic rings. The van der Waals surface area contributed by atoms with Crippen LogP contribution in [0.4, 0.5) is 5.69 Å². The molecule has 0 aliphatic carbocycles. The van der Waals surface area contributed by atoms with Crippen molar-refractivity contribution >= 4 is 52.2 Å². The van der Waals surface area contributed by atoms with Gasteiger partial charge < -0.3 is 5.32 Å². The summed E-state index contributed by atoms with van der Waals surface area (Å²) in [5, 5.41) is 1.88. The summed E-state index contributed by atoms with van der Waals surface area (Å²) in [7, 11) is 0. The molecule has 0 unspecified atom stereocenters. The van der Waals surface area contributed by atoms with Gasteiger partial charge in [-0.2, -0.15) is 0 Å². The Hall–Kier alpha value is -1.55. The fourth-order valence-corrected chi connectivity index (χ4v) is 2.13. The number of hydrogen-bond acceptors (Lipinski definition) is 2. The summed E-state index contributed by atoms with van der Waals surface area (Å²) in [6.45, 7) is 0. The van der Waals surface area contributed by atoms with E-state index >= 15 is 0 Å². The molecule has 1 atom stereocenters. The Kier molecular flexibility index (Phi) is 5.23. The molecule has 21 heavy (non-hydrogen) atoms. The maximum atomic E-state index is 12.1. The molecule has 0 fully saturated rings. The predicted molar refractivity (Wildman–Crippen MR) is 85.5 cm³/mol. The molecule has 0 aliphatic heterocycles. The summed E-state index contributed by atoms with van der Waals surface area (Å²) in [5.74, 6) is -1.08. The van der Waals surface area contributed by atoms with Crippen LogP contribution in [-0.4, -0.2) is 17.1 Å². The van der Waals surface area contributed by atoms with Crippen LogP contribution >= 0.6 is 34.8 Å². The van der Waals surface area contributed by atoms with Gasteiger partial charge in [0.2, 0.25) is 5.91 Å². The predicted octanol–water partition coefficient (Wildman–Crippen LogP) is 4.42. The van der Waals surface area contributed by atoms with Gasteiger partial charge in [0.15, 0.2) is 11.2 Å². The highest BCUT2D eigenvalue weighted by molar-refractivity contribution is 6.45. The third-order valence-corrected chi connectivity index (χ3v) is 3.84. The standard InChI is InChI=1S/C15H10Cl3NO2/c16-11-7-6-10(8-12(11)17)19-15(21)13(18)14(20)9-4-2-1-3-5-9/h1-8,13H,(H,19,21)/t13-/m0/s1. The largest absolute Gasteiger partial charge is 0.324 e. The molecule has 3 nitrogen and oxygen atoms in total. The number of Topliss-reactive ketones (excluding diaryl/α,β-unsaturated/α-hetero) is 1. The molecule has 1 amide bonds. The Morgan fingerprint density at radius 3 is 2.24 bits per heavy atom. The van der Waals surface area contributed by atoms with Gasteiger partial charge in [-0.25, -0.2) is 0 Å². The number of ketones is 1. The van der Waals surface area contributed by atoms with Gasteiger partial charge >= 0.3 is 0 Å². The average molecular weight is 343 g/mol. The quantitative estimate of drug-likeness (QED) is 0.508. The van der Waals surface area contributed by atoms with Crippen LogP contribution in [0.15, 0.2) is 48.5 Å². The molecule has 0 spiro atoms. The van der Waals surface area contributed by atoms with Crippen LogP contribution in [0.2, 0.25) is 10.0 Å². The monoisotopic (exact) mass is 341 g/mol. The van der Waals surface area contributed by atoms with Crippen LogP contribution in [0.1, 0.15) is 10.4 Å². The lowest BCUT2D eigenvalue weighted by Crippen LogP contribution is -2.30. The van der Waals surface area contributed by atoms with Crippen molar-refractivity contribution in [2.24, 2.45) is 0 Å². The first kappa shape index (κ1) is 15.8. The molecule has 0 aliphatic rings. The molecule has 2 aromatic carbocycles. The van der Waals surface area contributed by atoms with Crippen molar-refractivity contribution in [2.75, 3.05) is 5.32 Å². The number of hydrogen-bond donors (Lipinski definition) is 1. The van der Waals surface area contributed by atoms with Crippen molar-refractivity contribution in [3.05, 3.63) is 64.1 Å². The normalized spacial score (nSPS) is 11.8. The van der Waals surface area contributed by atoms with E-state index in [2.05, 4.69) is 5.32 Å². The van der Waals surface area contributed by atoms with Crippen LogP contribution in [0.3, 0.4) is 0 Å². The smallest absolute Gasteiger partial charge is 0.250 e. The van der Waals surface area contributed by atoms with Crippen molar-refractivity contribution in [2.45, 2.75) is 5.38 Å². The lowest BCUT2D eigenvalue weighted by Gasteiger charge is -2.10. The number of halogens is 3. The van der Waals surface area contributed by atoms with Crippen molar-refractivity contribution in [1.82, 2.24) is 0 Å². The average Bonchev–Trinajstić information content (AvgIpc) is 2.50. The lowest BCUT2D eigenvalue weighted by atomic mass is 10.1. The van der Waals surface area contributed by atoms with E-state index in [0.717, 1.165) is 0 Å². The second-order valence-corrected chi connectivity index (χ2v) is 5.46. The van der Waals surface area contributed by atoms with E-state index in [4.69, 9.17) is 34.8 Å². The van der Waals surface area contributed by atoms with E-state index in [9.17, 15) is 9.59 Å². The highest BCUT2D eigenvalue weighted by atomic mass is 35.5. The molecule has 0 bridgehead atoms. The molecule has 0 heterocycles. The van der Waals surface area contributed by atoms with E-state index < -0.39 is 17.1 Å². The summed E-state index contributed by atoms with van der Waals surface area (Å²) in [6.07, 6.45) is 0. The Morgan fingerprint density at radius 1 is 0.952 bits per heavy atom. The fourth-order valence-electron chi connectivity index (χ4n) is 1.65. The SMILES string of the molecule is O=C(Nc1ccc(Cl)c(Cl)c1)[C@@H](Cl)C(=O)c1ccccc1. The zero-order valence-electron chi connectivity index (χ0n) is 10.6. The van der Waals surface area contributed by atoms with Crippen molar-refractivity contribution < 1.29 is 9.59 Å². The van der Waals surface area contributed by atoms with Crippen LogP contribution in [0.25, 0.3) is 0 Å². The number of benzene rings is 2. The summed E-state index contributed by atoms with van der Waals surface area (Å²) in [5.41, 5.74) is 0.794. The molecule has 0 saturated heterocycles. The Bertz CT molecular complexity index is 674. The van der Waals surface area contributed by atoms with Gasteiger partial charge in [-0.15, -0.1) is 11.6 Å². The van der Waals surface area contributed by atoms with Crippen molar-refractivity contribution in [1.29, 1.82) is 0 Å². The zero-order valence-corrected chi connectivity index (χ0v) is 12.9. The van der Waals surface area contributed by atoms with Crippen LogP contribution in [0, 0.1) is 0 Å². The van der Waals surface area contributed by atoms with Gasteiger partial charge in [-0.3, -0.25) is 9.59 Å². The minimum absolute atomic E-state index is 0.301. The highest BCUT2D eigenvalue weighted by Crippen LogP contribution is 2.25. The number of carbonyl (C=O) groups excluding carboxylic acids is 2. The van der Waals surface area contributed by atoms with Crippen molar-refractivity contribution in [3.63, 3.8) is 0 Å². The molecule has 108 valence electrons. The van der Waals surface area contributed by atoms with Crippen LogP contribution < -0.4 is 5.32 Å². The first-order valence-electron chi connectivity index (χ1n) is 5.98. The number of anilines is 1. The van der Waals surface area contributed by atoms with Crippen molar-refractivity contribution in [3.8, 4) is 0 Å². The fraction of sp³-hybridized carbons (Fsp3) is 0.0667. The van der Waals surface area contributed by atoms with E-state index in [1.807, 2.05) is 0 Å². The Balaban J connectivity index is 2.09. The second kappa shape index (κ2) is 6.94. The number of alkyl halides is 1. The van der Waals surface area contributed by atoms with Gasteiger partial charge in [-0.05, 0) is 18.2 Å². The lowest BCUT2D eigenvalue weighted by molar-refractivity contribution is -0.115. The number of carbonyl (C=O) groups is 2. The highest BCUT2D eigenvalue weighted by Gasteiger charge is 2.25. The topological polar surface area (TPSA) is 46.2 Å². The first-order chi connectivity index (χ1) is 9.99. The minimum Gasteiger partial charge on any atom is -0.324 e. The minimum atomic E-state index is -1.32. The summed E-state index contributed by atoms with van der Waals surface area (Å²) in [6, 6.07) is 13.0. The number of amides is 1. The third-order valence-electron chi connectivity index (χ3n) is 2.71. The molecular weight excluding hydrogens is 333 g/mol. The van der Waals surface area contributed by atoms with Crippen LogP contribution in [0.5, 0.6) is 0 Å². The molecule has 0 aromatic heterocycles. The van der Waals surface area contributed by atoms with E-state index in [1.54, 1.807) is 42.5 Å². The maximum Gasteiger partial charge on any atom is 0.250 e. The molecule has 0 radical (unpaired) electrons. The van der Waals surface area contributed by atoms with Gasteiger partial charge in [0.1, 0.15) is 0 Å². The first-order valence-corrected chi connectivity index (χ1v) is 7.17. The summed E-state index contributed by atoms with van der Waals surface area (Å²) >= 11 is 17.6. The molecule has 0 saturated carbocycles. The second-order valence-electron chi connectivity index (χ2n) is 4.21. The van der Waals surface area contributed by atoms with Gasteiger partial charge in [0, 0.05) is 11.3 Å². The van der Waals surface area contributed by atoms with Gasteiger partial charge in [0.25, 0.3) is 0 Å². The van der Waals surface area contributed by atoms with E-state index in [0.29, 0.717) is 21.3 Å². The van der Waals surface area contributed by atoms with Gasteiger partial charge in [-0.1, -0.05) is 53.5 Å². The van der Waals surface area contributed by atoms with E-state index in [1.165, 1.54) is 6.07 Å². The summed E-state index contributed by atoms with van der Waals surface area (Å²) < 4.78 is 0. The van der Waals surface area contributed by atoms with Crippen LogP contribution in [-0.2, 0) is 4.79 Å². The number of nitrogens with one attached hydrogen (secondary N) is 1. The van der Waals surface area contributed by atoms with Gasteiger partial charge in [0.05, 0.1) is 10.0 Å². The third kappa shape index (κ3) is 3.97. The molecule has 6 heteroatoms. The molecular formula is C15H10Cl3NO2. The summed E-state index contributed by atoms with van der Waals surface area (Å²) in [4.78, 5) is 24.0. The Labute approximate surface area is 136 Å².